The third kappa shape index (κ3) is 6.85. The smallest absolute Gasteiger partial charge is 0.490 e. The number of likely N-dealkylation sites (tertiary alicyclic amines) is 1. The van der Waals surface area contributed by atoms with Crippen LogP contribution in [0.25, 0.3) is 0 Å². The van der Waals surface area contributed by atoms with Gasteiger partial charge in [0, 0.05) is 40.0 Å². The fraction of sp³-hybridized carbons (Fsp3) is 0.667. The molecule has 1 aromatic carbocycles. The summed E-state index contributed by atoms with van der Waals surface area (Å²) in [6, 6.07) is 8.41. The van der Waals surface area contributed by atoms with Crippen molar-refractivity contribution in [3.05, 3.63) is 29.8 Å². The molecule has 2 aliphatic heterocycles. The first-order chi connectivity index (χ1) is 14.2. The summed E-state index contributed by atoms with van der Waals surface area (Å²) >= 11 is 0. The number of nitrogens with zero attached hydrogens (tertiary/aromatic N) is 1. The molecule has 0 amide bonds. The highest BCUT2D eigenvalue weighted by molar-refractivity contribution is 5.73. The summed E-state index contributed by atoms with van der Waals surface area (Å²) < 4.78 is 48.5. The third-order valence-electron chi connectivity index (χ3n) is 5.78. The number of alkyl halides is 3. The lowest BCUT2D eigenvalue weighted by Crippen LogP contribution is -2.47. The Morgan fingerprint density at radius 2 is 1.83 bits per heavy atom. The van der Waals surface area contributed by atoms with Gasteiger partial charge in [0.1, 0.15) is 5.75 Å². The molecule has 2 fully saturated rings. The molecule has 1 unspecified atom stereocenters. The van der Waals surface area contributed by atoms with E-state index < -0.39 is 12.1 Å². The Balaban J connectivity index is 0.000000396. The average molecular weight is 433 g/mol. The minimum atomic E-state index is -5.08. The SMILES string of the molecule is COCCC1CCOC12CCN(Cc1ccc(OC)cc1)CC2.O=C(O)C(F)(F)F. The highest BCUT2D eigenvalue weighted by Gasteiger charge is 2.45. The Hall–Kier alpha value is -1.84. The maximum absolute atomic E-state index is 10.6. The van der Waals surface area contributed by atoms with Gasteiger partial charge >= 0.3 is 12.1 Å². The molecular formula is C21H30F3NO5. The van der Waals surface area contributed by atoms with Crippen LogP contribution >= 0.6 is 0 Å². The van der Waals surface area contributed by atoms with Gasteiger partial charge in [-0.05, 0) is 49.3 Å². The number of hydrogen-bond acceptors (Lipinski definition) is 5. The number of aliphatic carboxylic acids is 1. The molecule has 1 spiro atoms. The molecule has 9 heteroatoms. The number of ether oxygens (including phenoxy) is 3. The fourth-order valence-corrected chi connectivity index (χ4v) is 4.08. The number of hydrogen-bond donors (Lipinski definition) is 1. The first-order valence-corrected chi connectivity index (χ1v) is 9.98. The molecule has 6 nitrogen and oxygen atoms in total. The van der Waals surface area contributed by atoms with E-state index >= 15 is 0 Å². The Morgan fingerprint density at radius 3 is 2.33 bits per heavy atom. The summed E-state index contributed by atoms with van der Waals surface area (Å²) in [6.07, 6.45) is -0.452. The van der Waals surface area contributed by atoms with Gasteiger partial charge in [-0.2, -0.15) is 13.2 Å². The van der Waals surface area contributed by atoms with Crippen LogP contribution in [0.3, 0.4) is 0 Å². The number of benzene rings is 1. The number of methoxy groups -OCH3 is 2. The number of piperidine rings is 1. The molecule has 30 heavy (non-hydrogen) atoms. The van der Waals surface area contributed by atoms with Crippen LogP contribution in [0.15, 0.2) is 24.3 Å². The predicted octanol–water partition coefficient (Wildman–Crippen LogP) is 3.74. The zero-order chi connectivity index (χ0) is 22.2. The maximum Gasteiger partial charge on any atom is 0.490 e. The van der Waals surface area contributed by atoms with Crippen molar-refractivity contribution in [3.8, 4) is 5.75 Å². The van der Waals surface area contributed by atoms with Crippen LogP contribution in [0.1, 0.15) is 31.2 Å². The number of carboxylic acid groups (broad SMARTS) is 1. The molecule has 0 radical (unpaired) electrons. The van der Waals surface area contributed by atoms with Crippen molar-refractivity contribution in [1.82, 2.24) is 4.90 Å². The molecule has 2 saturated heterocycles. The molecule has 2 aliphatic rings. The highest BCUT2D eigenvalue weighted by Crippen LogP contribution is 2.42. The van der Waals surface area contributed by atoms with E-state index in [0.29, 0.717) is 5.92 Å². The minimum absolute atomic E-state index is 0.120. The van der Waals surface area contributed by atoms with Gasteiger partial charge in [0.15, 0.2) is 0 Å². The van der Waals surface area contributed by atoms with Crippen LogP contribution in [0.2, 0.25) is 0 Å². The molecular weight excluding hydrogens is 403 g/mol. The van der Waals surface area contributed by atoms with E-state index in [-0.39, 0.29) is 5.60 Å². The second-order valence-corrected chi connectivity index (χ2v) is 7.61. The van der Waals surface area contributed by atoms with E-state index in [1.54, 1.807) is 14.2 Å². The molecule has 2 heterocycles. The zero-order valence-electron chi connectivity index (χ0n) is 17.4. The summed E-state index contributed by atoms with van der Waals surface area (Å²) in [7, 11) is 3.50. The fourth-order valence-electron chi connectivity index (χ4n) is 4.08. The van der Waals surface area contributed by atoms with Gasteiger partial charge in [-0.3, -0.25) is 4.90 Å². The van der Waals surface area contributed by atoms with E-state index in [9.17, 15) is 13.2 Å². The molecule has 1 aromatic rings. The van der Waals surface area contributed by atoms with E-state index in [2.05, 4.69) is 17.0 Å². The summed E-state index contributed by atoms with van der Waals surface area (Å²) in [6.45, 7) is 5.03. The summed E-state index contributed by atoms with van der Waals surface area (Å²) in [5.41, 5.74) is 1.47. The lowest BCUT2D eigenvalue weighted by Gasteiger charge is -2.42. The molecule has 1 atom stereocenters. The average Bonchev–Trinajstić information content (AvgIpc) is 3.10. The van der Waals surface area contributed by atoms with Crippen molar-refractivity contribution in [2.75, 3.05) is 40.5 Å². The van der Waals surface area contributed by atoms with E-state index in [1.165, 1.54) is 12.0 Å². The highest BCUT2D eigenvalue weighted by atomic mass is 19.4. The number of rotatable bonds is 6. The van der Waals surface area contributed by atoms with Crippen molar-refractivity contribution in [3.63, 3.8) is 0 Å². The second-order valence-electron chi connectivity index (χ2n) is 7.61. The lowest BCUT2D eigenvalue weighted by atomic mass is 9.78. The van der Waals surface area contributed by atoms with E-state index in [0.717, 1.165) is 57.9 Å². The Bertz CT molecular complexity index is 658. The summed E-state index contributed by atoms with van der Waals surface area (Å²) in [5, 5.41) is 7.12. The summed E-state index contributed by atoms with van der Waals surface area (Å²) in [5.74, 6) is -1.16. The van der Waals surface area contributed by atoms with Crippen molar-refractivity contribution < 1.29 is 37.3 Å². The molecule has 1 N–H and O–H groups in total. The van der Waals surface area contributed by atoms with Crippen LogP contribution in [-0.2, 0) is 20.8 Å². The molecule has 0 bridgehead atoms. The molecule has 3 rings (SSSR count). The molecule has 0 aliphatic carbocycles. The minimum Gasteiger partial charge on any atom is -0.497 e. The first kappa shape index (κ1) is 24.4. The Morgan fingerprint density at radius 1 is 1.23 bits per heavy atom. The zero-order valence-corrected chi connectivity index (χ0v) is 17.4. The monoisotopic (exact) mass is 433 g/mol. The molecule has 0 aromatic heterocycles. The Labute approximate surface area is 174 Å². The van der Waals surface area contributed by atoms with Crippen molar-refractivity contribution >= 4 is 5.97 Å². The van der Waals surface area contributed by atoms with Gasteiger partial charge in [0.05, 0.1) is 12.7 Å². The van der Waals surface area contributed by atoms with Gasteiger partial charge in [-0.1, -0.05) is 12.1 Å². The topological polar surface area (TPSA) is 68.2 Å². The Kier molecular flexibility index (Phi) is 8.93. The van der Waals surface area contributed by atoms with Crippen molar-refractivity contribution in [2.45, 2.75) is 44.0 Å². The number of carboxylic acids is 1. The normalized spacial score (nSPS) is 21.2. The molecule has 0 saturated carbocycles. The first-order valence-electron chi connectivity index (χ1n) is 9.98. The summed E-state index contributed by atoms with van der Waals surface area (Å²) in [4.78, 5) is 11.4. The van der Waals surface area contributed by atoms with Crippen LogP contribution < -0.4 is 4.74 Å². The predicted molar refractivity (Wildman–Crippen MR) is 104 cm³/mol. The van der Waals surface area contributed by atoms with Gasteiger partial charge < -0.3 is 19.3 Å². The maximum atomic E-state index is 10.6. The molecule has 170 valence electrons. The van der Waals surface area contributed by atoms with Gasteiger partial charge in [0.25, 0.3) is 0 Å². The van der Waals surface area contributed by atoms with Gasteiger partial charge in [-0.15, -0.1) is 0 Å². The van der Waals surface area contributed by atoms with E-state index in [1.807, 2.05) is 12.1 Å². The van der Waals surface area contributed by atoms with E-state index in [4.69, 9.17) is 24.1 Å². The van der Waals surface area contributed by atoms with Crippen molar-refractivity contribution in [2.24, 2.45) is 5.92 Å². The largest absolute Gasteiger partial charge is 0.497 e. The van der Waals surface area contributed by atoms with Crippen molar-refractivity contribution in [1.29, 1.82) is 0 Å². The lowest BCUT2D eigenvalue weighted by molar-refractivity contribution is -0.192. The quantitative estimate of drug-likeness (QED) is 0.737. The van der Waals surface area contributed by atoms with Crippen LogP contribution in [-0.4, -0.2) is 68.3 Å². The standard InChI is InChI=1S/C19H29NO3.C2HF3O2/c1-21-13-7-17-8-14-23-19(17)9-11-20(12-10-19)15-16-3-5-18(22-2)6-4-16;3-2(4,5)1(6)7/h3-6,17H,7-15H2,1-2H3;(H,6,7). The van der Waals surface area contributed by atoms with Gasteiger partial charge in [0.2, 0.25) is 0 Å². The van der Waals surface area contributed by atoms with Gasteiger partial charge in [-0.25, -0.2) is 4.79 Å². The second kappa shape index (κ2) is 11.0. The third-order valence-corrected chi connectivity index (χ3v) is 5.78. The van der Waals surface area contributed by atoms with Crippen LogP contribution in [0.4, 0.5) is 13.2 Å². The number of carbonyl (C=O) groups is 1. The van der Waals surface area contributed by atoms with Crippen LogP contribution in [0, 0.1) is 5.92 Å². The number of halogens is 3. The van der Waals surface area contributed by atoms with Crippen LogP contribution in [0.5, 0.6) is 5.75 Å².